The summed E-state index contributed by atoms with van der Waals surface area (Å²) in [6.45, 7) is 14.8. The molecule has 0 aromatic carbocycles. The van der Waals surface area contributed by atoms with Crippen molar-refractivity contribution in [3.63, 3.8) is 0 Å². The number of halogens is 1. The number of nitrogens with zero attached hydrogens (tertiary/aromatic N) is 1. The molecule has 0 atom stereocenters. The van der Waals surface area contributed by atoms with E-state index < -0.39 is 0 Å². The van der Waals surface area contributed by atoms with E-state index in [2.05, 4.69) is 27.7 Å². The molecule has 4 heteroatoms. The maximum atomic E-state index is 7.62. The zero-order valence-corrected chi connectivity index (χ0v) is 17.2. The van der Waals surface area contributed by atoms with Crippen molar-refractivity contribution in [1.29, 1.82) is 0 Å². The van der Waals surface area contributed by atoms with E-state index in [1.165, 1.54) is 82.0 Å². The highest BCUT2D eigenvalue weighted by molar-refractivity contribution is 4.49. The Morgan fingerprint density at radius 2 is 0.773 bits per heavy atom. The molecule has 0 unspecified atom stereocenters. The molecule has 0 spiro atoms. The van der Waals surface area contributed by atoms with E-state index in [9.17, 15) is 0 Å². The molecular formula is C18H42BrNO2. The van der Waals surface area contributed by atoms with Crippen molar-refractivity contribution in [3.05, 3.63) is 0 Å². The van der Waals surface area contributed by atoms with Gasteiger partial charge >= 0.3 is 0 Å². The Bertz CT molecular complexity index is 152. The van der Waals surface area contributed by atoms with Gasteiger partial charge in [-0.25, -0.2) is 0 Å². The van der Waals surface area contributed by atoms with Crippen molar-refractivity contribution in [2.45, 2.75) is 79.1 Å². The molecule has 138 valence electrons. The van der Waals surface area contributed by atoms with Gasteiger partial charge in [-0.2, -0.15) is 0 Å². The van der Waals surface area contributed by atoms with Gasteiger partial charge in [-0.1, -0.05) is 53.4 Å². The molecule has 0 bridgehead atoms. The van der Waals surface area contributed by atoms with E-state index in [1.54, 1.807) is 0 Å². The molecule has 0 amide bonds. The average Bonchev–Trinajstić information content (AvgIpc) is 2.53. The average molecular weight is 384 g/mol. The minimum Gasteiger partial charge on any atom is -1.00 e. The van der Waals surface area contributed by atoms with Gasteiger partial charge in [-0.15, -0.1) is 0 Å². The van der Waals surface area contributed by atoms with E-state index >= 15 is 0 Å². The molecule has 2 N–H and O–H groups in total. The van der Waals surface area contributed by atoms with Crippen LogP contribution in [0.15, 0.2) is 0 Å². The topological polar surface area (TPSA) is 40.5 Å². The molecular weight excluding hydrogens is 342 g/mol. The number of quaternary nitrogens is 1. The molecule has 0 aromatic heterocycles. The number of hydrogen-bond donors (Lipinski definition) is 2. The molecule has 0 aliphatic rings. The van der Waals surface area contributed by atoms with E-state index in [0.29, 0.717) is 0 Å². The second kappa shape index (κ2) is 21.4. The molecule has 3 nitrogen and oxygen atoms in total. The van der Waals surface area contributed by atoms with Crippen LogP contribution in [0, 0.1) is 0 Å². The van der Waals surface area contributed by atoms with Crippen LogP contribution in [0.1, 0.15) is 79.1 Å². The highest BCUT2D eigenvalue weighted by atomic mass is 79.9. The fraction of sp³-hybridized carbons (Fsp3) is 1.00. The maximum absolute atomic E-state index is 7.62. The van der Waals surface area contributed by atoms with Crippen LogP contribution in [0.25, 0.3) is 0 Å². The highest BCUT2D eigenvalue weighted by Gasteiger charge is 2.24. The van der Waals surface area contributed by atoms with Gasteiger partial charge in [-0.05, 0) is 25.7 Å². The van der Waals surface area contributed by atoms with E-state index in [1.807, 2.05) is 0 Å². The van der Waals surface area contributed by atoms with Crippen LogP contribution >= 0.6 is 0 Å². The summed E-state index contributed by atoms with van der Waals surface area (Å²) < 4.78 is 1.42. The predicted molar refractivity (Wildman–Crippen MR) is 93.5 cm³/mol. The summed E-state index contributed by atoms with van der Waals surface area (Å²) >= 11 is 0. The lowest BCUT2D eigenvalue weighted by Gasteiger charge is -2.39. The van der Waals surface area contributed by atoms with Crippen LogP contribution < -0.4 is 17.0 Å². The first kappa shape index (κ1) is 27.2. The van der Waals surface area contributed by atoms with Crippen LogP contribution in [-0.2, 0) is 0 Å². The molecule has 0 fully saturated rings. The predicted octanol–water partition coefficient (Wildman–Crippen LogP) is 0.979. The Morgan fingerprint density at radius 3 is 0.909 bits per heavy atom. The maximum Gasteiger partial charge on any atom is 0.0786 e. The molecule has 0 saturated carbocycles. The fourth-order valence-electron chi connectivity index (χ4n) is 2.64. The third kappa shape index (κ3) is 16.7. The van der Waals surface area contributed by atoms with Crippen LogP contribution in [0.4, 0.5) is 0 Å². The van der Waals surface area contributed by atoms with Gasteiger partial charge in [0, 0.05) is 0 Å². The van der Waals surface area contributed by atoms with Gasteiger partial charge in [0.1, 0.15) is 0 Å². The molecule has 0 saturated heterocycles. The Balaban J connectivity index is -0.000000640. The molecule has 0 rings (SSSR count). The van der Waals surface area contributed by atoms with Gasteiger partial charge < -0.3 is 31.7 Å². The summed E-state index contributed by atoms with van der Waals surface area (Å²) in [6, 6.07) is 0. The number of rotatable bonds is 13. The van der Waals surface area contributed by atoms with Crippen LogP contribution in [0.3, 0.4) is 0 Å². The van der Waals surface area contributed by atoms with Gasteiger partial charge in [0.15, 0.2) is 0 Å². The standard InChI is InChI=1S/C16H36N.C2H6O2.BrH/c1-5-9-13-17(14-10-6-2,15-11-7-3)16-12-8-4;3-1-2-4;/h5-16H2,1-4H3;3-4H,1-2H2;1H/q+1;;/p-1. The summed E-state index contributed by atoms with van der Waals surface area (Å²) in [7, 11) is 0. The number of hydrogen-bond acceptors (Lipinski definition) is 2. The molecule has 0 radical (unpaired) electrons. The van der Waals surface area contributed by atoms with Gasteiger partial charge in [0.25, 0.3) is 0 Å². The summed E-state index contributed by atoms with van der Waals surface area (Å²) in [6.07, 6.45) is 11.1. The summed E-state index contributed by atoms with van der Waals surface area (Å²) in [5.74, 6) is 0. The Hall–Kier alpha value is 0.360. The van der Waals surface area contributed by atoms with Crippen molar-refractivity contribution >= 4 is 0 Å². The molecule has 0 heterocycles. The molecule has 0 aliphatic heterocycles. The van der Waals surface area contributed by atoms with Crippen LogP contribution in [-0.4, -0.2) is 54.1 Å². The van der Waals surface area contributed by atoms with Crippen molar-refractivity contribution in [2.24, 2.45) is 0 Å². The first-order chi connectivity index (χ1) is 10.2. The normalized spacial score (nSPS) is 10.6. The second-order valence-electron chi connectivity index (χ2n) is 6.10. The number of aliphatic hydroxyl groups excluding tert-OH is 2. The van der Waals surface area contributed by atoms with E-state index in [-0.39, 0.29) is 30.2 Å². The lowest BCUT2D eigenvalue weighted by molar-refractivity contribution is -0.929. The monoisotopic (exact) mass is 383 g/mol. The molecule has 0 aliphatic carbocycles. The van der Waals surface area contributed by atoms with Crippen LogP contribution in [0.2, 0.25) is 0 Å². The molecule has 0 aromatic rings. The Morgan fingerprint density at radius 1 is 0.545 bits per heavy atom. The lowest BCUT2D eigenvalue weighted by atomic mass is 10.1. The van der Waals surface area contributed by atoms with Crippen molar-refractivity contribution in [3.8, 4) is 0 Å². The highest BCUT2D eigenvalue weighted by Crippen LogP contribution is 2.16. The van der Waals surface area contributed by atoms with Gasteiger partial charge in [-0.3, -0.25) is 0 Å². The van der Waals surface area contributed by atoms with E-state index in [4.69, 9.17) is 10.2 Å². The summed E-state index contributed by atoms with van der Waals surface area (Å²) in [5, 5.41) is 15.2. The van der Waals surface area contributed by atoms with E-state index in [0.717, 1.165) is 0 Å². The third-order valence-corrected chi connectivity index (χ3v) is 4.04. The van der Waals surface area contributed by atoms with Gasteiger partial charge in [0.2, 0.25) is 0 Å². The lowest BCUT2D eigenvalue weighted by Crippen LogP contribution is -3.00. The largest absolute Gasteiger partial charge is 1.00 e. The van der Waals surface area contributed by atoms with Crippen molar-refractivity contribution in [2.75, 3.05) is 39.4 Å². The first-order valence-corrected chi connectivity index (χ1v) is 9.23. The van der Waals surface area contributed by atoms with Crippen molar-refractivity contribution in [1.82, 2.24) is 0 Å². The van der Waals surface area contributed by atoms with Crippen molar-refractivity contribution < 1.29 is 31.7 Å². The number of aliphatic hydroxyl groups is 2. The first-order valence-electron chi connectivity index (χ1n) is 9.23. The smallest absolute Gasteiger partial charge is 0.0786 e. The second-order valence-corrected chi connectivity index (χ2v) is 6.10. The summed E-state index contributed by atoms with van der Waals surface area (Å²) in [5.41, 5.74) is 0. The Kier molecular flexibility index (Phi) is 26.4. The van der Waals surface area contributed by atoms with Crippen LogP contribution in [0.5, 0.6) is 0 Å². The SMILES string of the molecule is CCCC[N+](CCCC)(CCCC)CCCC.OCCO.[Br-]. The quantitative estimate of drug-likeness (QED) is 0.465. The Labute approximate surface area is 150 Å². The van der Waals surface area contributed by atoms with Gasteiger partial charge in [0.05, 0.1) is 39.4 Å². The molecule has 22 heavy (non-hydrogen) atoms. The zero-order valence-electron chi connectivity index (χ0n) is 15.6. The fourth-order valence-corrected chi connectivity index (χ4v) is 2.64. The minimum absolute atomic E-state index is 0. The number of unbranched alkanes of at least 4 members (excludes halogenated alkanes) is 4. The minimum atomic E-state index is -0.125. The zero-order chi connectivity index (χ0) is 16.4. The summed E-state index contributed by atoms with van der Waals surface area (Å²) in [4.78, 5) is 0. The third-order valence-electron chi connectivity index (χ3n) is 4.04.